The van der Waals surface area contributed by atoms with Crippen molar-refractivity contribution in [2.75, 3.05) is 0 Å². The van der Waals surface area contributed by atoms with Crippen LogP contribution in [0, 0.1) is 0 Å². The molecule has 0 amide bonds. The van der Waals surface area contributed by atoms with Crippen LogP contribution in [-0.2, 0) is 9.59 Å². The fourth-order valence-corrected chi connectivity index (χ4v) is 2.07. The van der Waals surface area contributed by atoms with E-state index >= 15 is 0 Å². The van der Waals surface area contributed by atoms with Crippen molar-refractivity contribution in [2.24, 2.45) is 11.5 Å². The quantitative estimate of drug-likeness (QED) is 0.459. The van der Waals surface area contributed by atoms with Crippen LogP contribution in [0.25, 0.3) is 0 Å². The molecule has 3 aliphatic rings. The summed E-state index contributed by atoms with van der Waals surface area (Å²) in [5.41, 5.74) is 9.77. The molecular weight excluding hydrogens is 156 g/mol. The van der Waals surface area contributed by atoms with Crippen LogP contribution in [0.15, 0.2) is 0 Å². The van der Waals surface area contributed by atoms with Crippen molar-refractivity contribution < 1.29 is 9.59 Å². The molecule has 66 valence electrons. The van der Waals surface area contributed by atoms with Crippen LogP contribution in [0.4, 0.5) is 0 Å². The summed E-state index contributed by atoms with van der Waals surface area (Å²) < 4.78 is 0. The fraction of sp³-hybridized carbons (Fsp3) is 0.750. The summed E-state index contributed by atoms with van der Waals surface area (Å²) in [5.74, 6) is -0.347. The molecule has 4 nitrogen and oxygen atoms in total. The summed E-state index contributed by atoms with van der Waals surface area (Å²) in [4.78, 5) is 22.7. The second-order valence-electron chi connectivity index (χ2n) is 4.03. The molecule has 0 spiro atoms. The molecule has 3 aliphatic carbocycles. The molecule has 0 atom stereocenters. The van der Waals surface area contributed by atoms with E-state index in [2.05, 4.69) is 0 Å². The van der Waals surface area contributed by atoms with Crippen molar-refractivity contribution in [2.45, 2.75) is 36.8 Å². The smallest absolute Gasteiger partial charge is 0.162 e. The van der Waals surface area contributed by atoms with Gasteiger partial charge in [0.05, 0.1) is 0 Å². The summed E-state index contributed by atoms with van der Waals surface area (Å²) >= 11 is 0. The van der Waals surface area contributed by atoms with E-state index in [-0.39, 0.29) is 24.4 Å². The Morgan fingerprint density at radius 2 is 1.50 bits per heavy atom. The van der Waals surface area contributed by atoms with Crippen molar-refractivity contribution in [3.05, 3.63) is 0 Å². The van der Waals surface area contributed by atoms with Gasteiger partial charge in [-0.3, -0.25) is 9.59 Å². The average Bonchev–Trinajstić information content (AvgIpc) is 1.95. The number of carbonyl (C=O) groups is 2. The maximum absolute atomic E-state index is 11.4. The molecule has 0 unspecified atom stereocenters. The lowest BCUT2D eigenvalue weighted by Crippen LogP contribution is -2.69. The van der Waals surface area contributed by atoms with Gasteiger partial charge in [-0.05, 0) is 12.8 Å². The highest BCUT2D eigenvalue weighted by molar-refractivity contribution is 6.15. The Kier molecular flexibility index (Phi) is 1.28. The van der Waals surface area contributed by atoms with Crippen LogP contribution < -0.4 is 11.5 Å². The zero-order valence-corrected chi connectivity index (χ0v) is 6.80. The van der Waals surface area contributed by atoms with Crippen LogP contribution in [0.2, 0.25) is 0 Å². The van der Waals surface area contributed by atoms with E-state index in [1.165, 1.54) is 0 Å². The van der Waals surface area contributed by atoms with Gasteiger partial charge in [0.1, 0.15) is 5.54 Å². The number of nitrogens with two attached hydrogens (primary N) is 2. The van der Waals surface area contributed by atoms with Gasteiger partial charge in [0.2, 0.25) is 0 Å². The Morgan fingerprint density at radius 3 is 1.92 bits per heavy atom. The molecule has 2 bridgehead atoms. The Balaban J connectivity index is 2.42. The second-order valence-corrected chi connectivity index (χ2v) is 4.03. The van der Waals surface area contributed by atoms with E-state index in [9.17, 15) is 9.59 Å². The number of carbonyl (C=O) groups excluding carboxylic acids is 2. The van der Waals surface area contributed by atoms with Crippen molar-refractivity contribution in [3.63, 3.8) is 0 Å². The molecule has 0 aliphatic heterocycles. The minimum absolute atomic E-state index is 0.174. The summed E-state index contributed by atoms with van der Waals surface area (Å²) in [5, 5.41) is 0. The van der Waals surface area contributed by atoms with Crippen molar-refractivity contribution in [3.8, 4) is 0 Å². The summed E-state index contributed by atoms with van der Waals surface area (Å²) in [6.07, 6.45) is 1.67. The lowest BCUT2D eigenvalue weighted by molar-refractivity contribution is -0.144. The molecule has 3 rings (SSSR count). The SMILES string of the molecule is NC12CCC(N)(C(=O)C1)C(=O)C2. The van der Waals surface area contributed by atoms with Gasteiger partial charge in [0, 0.05) is 18.4 Å². The first-order valence-electron chi connectivity index (χ1n) is 4.11. The van der Waals surface area contributed by atoms with Crippen molar-refractivity contribution in [1.82, 2.24) is 0 Å². The second kappa shape index (κ2) is 1.95. The molecule has 4 heteroatoms. The van der Waals surface area contributed by atoms with Gasteiger partial charge >= 0.3 is 0 Å². The molecule has 4 N–H and O–H groups in total. The van der Waals surface area contributed by atoms with Crippen LogP contribution in [0.3, 0.4) is 0 Å². The highest BCUT2D eigenvalue weighted by Gasteiger charge is 2.56. The first-order valence-corrected chi connectivity index (χ1v) is 4.11. The van der Waals surface area contributed by atoms with E-state index in [0.29, 0.717) is 12.8 Å². The molecule has 0 saturated heterocycles. The Hall–Kier alpha value is -0.740. The van der Waals surface area contributed by atoms with Crippen molar-refractivity contribution >= 4 is 11.6 Å². The normalized spacial score (nSPS) is 46.8. The molecular formula is C8H12N2O2. The molecule has 3 fully saturated rings. The summed E-state index contributed by atoms with van der Waals surface area (Å²) in [7, 11) is 0. The van der Waals surface area contributed by atoms with Gasteiger partial charge in [-0.25, -0.2) is 0 Å². The molecule has 0 aromatic rings. The highest BCUT2D eigenvalue weighted by Crippen LogP contribution is 2.39. The molecule has 12 heavy (non-hydrogen) atoms. The highest BCUT2D eigenvalue weighted by atomic mass is 16.2. The minimum atomic E-state index is -1.18. The van der Waals surface area contributed by atoms with Gasteiger partial charge in [0.15, 0.2) is 11.6 Å². The number of ketones is 2. The van der Waals surface area contributed by atoms with E-state index in [1.807, 2.05) is 0 Å². The zero-order valence-electron chi connectivity index (χ0n) is 6.80. The van der Waals surface area contributed by atoms with Gasteiger partial charge < -0.3 is 11.5 Å². The van der Waals surface area contributed by atoms with Crippen LogP contribution in [-0.4, -0.2) is 22.6 Å². The number of hydrogen-bond donors (Lipinski definition) is 2. The van der Waals surface area contributed by atoms with Gasteiger partial charge in [-0.2, -0.15) is 0 Å². The fourth-order valence-electron chi connectivity index (χ4n) is 2.07. The number of Topliss-reactive ketones (excluding diaryl/α,β-unsaturated/α-hetero) is 2. The van der Waals surface area contributed by atoms with Gasteiger partial charge in [0.25, 0.3) is 0 Å². The molecule has 3 saturated carbocycles. The van der Waals surface area contributed by atoms with Crippen LogP contribution >= 0.6 is 0 Å². The van der Waals surface area contributed by atoms with Gasteiger partial charge in [-0.15, -0.1) is 0 Å². The van der Waals surface area contributed by atoms with E-state index in [1.54, 1.807) is 0 Å². The number of hydrogen-bond acceptors (Lipinski definition) is 4. The predicted octanol–water partition coefficient (Wildman–Crippen LogP) is -0.893. The van der Waals surface area contributed by atoms with E-state index in [4.69, 9.17) is 11.5 Å². The lowest BCUT2D eigenvalue weighted by atomic mass is 9.61. The first kappa shape index (κ1) is 7.89. The zero-order chi connectivity index (χ0) is 8.98. The monoisotopic (exact) mass is 168 g/mol. The Labute approximate surface area is 70.3 Å². The number of fused-ring (bicyclic) bond motifs is 3. The first-order chi connectivity index (χ1) is 5.46. The molecule has 0 heterocycles. The maximum Gasteiger partial charge on any atom is 0.162 e. The van der Waals surface area contributed by atoms with Crippen LogP contribution in [0.5, 0.6) is 0 Å². The van der Waals surface area contributed by atoms with E-state index in [0.717, 1.165) is 0 Å². The lowest BCUT2D eigenvalue weighted by Gasteiger charge is -2.46. The third-order valence-electron chi connectivity index (χ3n) is 3.04. The van der Waals surface area contributed by atoms with Crippen LogP contribution in [0.1, 0.15) is 25.7 Å². The van der Waals surface area contributed by atoms with Gasteiger partial charge in [-0.1, -0.05) is 0 Å². The van der Waals surface area contributed by atoms with E-state index < -0.39 is 11.1 Å². The molecule has 0 aromatic heterocycles. The summed E-state index contributed by atoms with van der Waals surface area (Å²) in [6.45, 7) is 0. The van der Waals surface area contributed by atoms with Crippen molar-refractivity contribution in [1.29, 1.82) is 0 Å². The maximum atomic E-state index is 11.4. The minimum Gasteiger partial charge on any atom is -0.324 e. The topological polar surface area (TPSA) is 86.2 Å². The Bertz CT molecular complexity index is 254. The largest absolute Gasteiger partial charge is 0.324 e. The third-order valence-corrected chi connectivity index (χ3v) is 3.04. The molecule has 0 radical (unpaired) electrons. The standard InChI is InChI=1S/C8H12N2O2/c9-7-1-2-8(10,5(11)3-7)6(12)4-7/h1-4,9-10H2. The Morgan fingerprint density at radius 1 is 1.00 bits per heavy atom. The summed E-state index contributed by atoms with van der Waals surface area (Å²) in [6, 6.07) is 0. The molecule has 0 aromatic carbocycles. The number of rotatable bonds is 0. The average molecular weight is 168 g/mol. The third kappa shape index (κ3) is 0.791. The predicted molar refractivity (Wildman–Crippen MR) is 42.3 cm³/mol.